The topological polar surface area (TPSA) is 85.5 Å². The van der Waals surface area contributed by atoms with Gasteiger partial charge in [0.1, 0.15) is 6.61 Å². The molecule has 2 aromatic rings. The molecular weight excluding hydrogens is 378 g/mol. The first-order chi connectivity index (χ1) is 12.5. The Hall–Kier alpha value is -1.48. The smallest absolute Gasteiger partial charge is 0.252 e. The summed E-state index contributed by atoms with van der Waals surface area (Å²) < 4.78 is 37.9. The van der Waals surface area contributed by atoms with Crippen LogP contribution in [-0.4, -0.2) is 42.1 Å². The van der Waals surface area contributed by atoms with Crippen LogP contribution in [-0.2, 0) is 21.4 Å². The number of piperidine rings is 1. The molecule has 0 amide bonds. The number of sulfonamides is 1. The Labute approximate surface area is 157 Å². The molecular formula is C17H20ClN3O4S. The monoisotopic (exact) mass is 397 g/mol. The van der Waals surface area contributed by atoms with Crippen LogP contribution in [0, 0.1) is 0 Å². The van der Waals surface area contributed by atoms with Gasteiger partial charge in [-0.3, -0.25) is 0 Å². The van der Waals surface area contributed by atoms with E-state index in [1.165, 1.54) is 10.4 Å². The largest absolute Gasteiger partial charge is 0.368 e. The minimum Gasteiger partial charge on any atom is -0.368 e. The molecule has 1 aromatic carbocycles. The first-order valence-electron chi connectivity index (χ1n) is 8.72. The molecule has 7 nitrogen and oxygen atoms in total. The van der Waals surface area contributed by atoms with Crippen LogP contribution in [0.15, 0.2) is 33.7 Å². The summed E-state index contributed by atoms with van der Waals surface area (Å²) in [5.74, 6) is 1.71. The van der Waals surface area contributed by atoms with E-state index in [0.717, 1.165) is 18.7 Å². The molecule has 1 aliphatic heterocycles. The fourth-order valence-corrected chi connectivity index (χ4v) is 4.81. The average Bonchev–Trinajstić information content (AvgIpc) is 3.39. The van der Waals surface area contributed by atoms with Crippen LogP contribution >= 0.6 is 11.6 Å². The molecule has 1 saturated heterocycles. The number of nitrogens with zero attached hydrogens (tertiary/aromatic N) is 3. The number of hydrogen-bond acceptors (Lipinski definition) is 6. The molecule has 9 heteroatoms. The van der Waals surface area contributed by atoms with Crippen molar-refractivity contribution in [3.8, 4) is 0 Å². The van der Waals surface area contributed by atoms with E-state index < -0.39 is 10.0 Å². The molecule has 140 valence electrons. The third-order valence-electron chi connectivity index (χ3n) is 4.70. The predicted octanol–water partition coefficient (Wildman–Crippen LogP) is 2.97. The van der Waals surface area contributed by atoms with Gasteiger partial charge in [0.15, 0.2) is 5.82 Å². The van der Waals surface area contributed by atoms with Crippen molar-refractivity contribution in [3.05, 3.63) is 41.0 Å². The molecule has 4 rings (SSSR count). The Kier molecular flexibility index (Phi) is 5.00. The van der Waals surface area contributed by atoms with Gasteiger partial charge >= 0.3 is 0 Å². The standard InChI is InChI=1S/C17H20ClN3O4S/c18-13-2-1-3-15(10-13)26(22,23)21-8-6-14(7-9-21)24-11-16-19-17(20-25-16)12-4-5-12/h1-3,10,12,14H,4-9,11H2. The summed E-state index contributed by atoms with van der Waals surface area (Å²) in [6, 6.07) is 6.35. The van der Waals surface area contributed by atoms with Gasteiger partial charge in [-0.2, -0.15) is 9.29 Å². The van der Waals surface area contributed by atoms with Crippen LogP contribution in [0.5, 0.6) is 0 Å². The van der Waals surface area contributed by atoms with E-state index in [4.69, 9.17) is 20.9 Å². The lowest BCUT2D eigenvalue weighted by molar-refractivity contribution is -0.00119. The second-order valence-electron chi connectivity index (χ2n) is 6.69. The van der Waals surface area contributed by atoms with Crippen LogP contribution in [0.3, 0.4) is 0 Å². The number of rotatable bonds is 6. The van der Waals surface area contributed by atoms with Crippen molar-refractivity contribution in [2.75, 3.05) is 13.1 Å². The lowest BCUT2D eigenvalue weighted by Crippen LogP contribution is -2.40. The third-order valence-corrected chi connectivity index (χ3v) is 6.83. The number of aromatic nitrogens is 2. The van der Waals surface area contributed by atoms with E-state index in [-0.39, 0.29) is 17.6 Å². The summed E-state index contributed by atoms with van der Waals surface area (Å²) in [6.45, 7) is 1.10. The van der Waals surface area contributed by atoms with Gasteiger partial charge in [-0.25, -0.2) is 8.42 Å². The highest BCUT2D eigenvalue weighted by Gasteiger charge is 2.31. The van der Waals surface area contributed by atoms with E-state index >= 15 is 0 Å². The van der Waals surface area contributed by atoms with Crippen LogP contribution in [0.25, 0.3) is 0 Å². The van der Waals surface area contributed by atoms with Crippen molar-refractivity contribution in [2.24, 2.45) is 0 Å². The Morgan fingerprint density at radius 2 is 2.00 bits per heavy atom. The number of benzene rings is 1. The summed E-state index contributed by atoms with van der Waals surface area (Å²) in [5.41, 5.74) is 0. The van der Waals surface area contributed by atoms with Crippen molar-refractivity contribution in [1.29, 1.82) is 0 Å². The van der Waals surface area contributed by atoms with Gasteiger partial charge in [-0.05, 0) is 43.9 Å². The van der Waals surface area contributed by atoms with Crippen LogP contribution in [0.4, 0.5) is 0 Å². The molecule has 26 heavy (non-hydrogen) atoms. The number of hydrogen-bond donors (Lipinski definition) is 0. The van der Waals surface area contributed by atoms with Crippen molar-refractivity contribution >= 4 is 21.6 Å². The highest BCUT2D eigenvalue weighted by molar-refractivity contribution is 7.89. The lowest BCUT2D eigenvalue weighted by Gasteiger charge is -2.30. The first kappa shape index (κ1) is 17.9. The van der Waals surface area contributed by atoms with Crippen LogP contribution in [0.1, 0.15) is 43.3 Å². The molecule has 0 radical (unpaired) electrons. The van der Waals surface area contributed by atoms with Gasteiger partial charge < -0.3 is 9.26 Å². The fourth-order valence-electron chi connectivity index (χ4n) is 3.04. The summed E-state index contributed by atoms with van der Waals surface area (Å²) in [7, 11) is -3.52. The molecule has 2 fully saturated rings. The quantitative estimate of drug-likeness (QED) is 0.744. The minimum absolute atomic E-state index is 0.0166. The average molecular weight is 398 g/mol. The molecule has 1 aromatic heterocycles. The van der Waals surface area contributed by atoms with Crippen molar-refractivity contribution in [1.82, 2.24) is 14.4 Å². The van der Waals surface area contributed by atoms with E-state index in [9.17, 15) is 8.42 Å². The van der Waals surface area contributed by atoms with Crippen LogP contribution < -0.4 is 0 Å². The van der Waals surface area contributed by atoms with Gasteiger partial charge in [-0.1, -0.05) is 22.8 Å². The maximum absolute atomic E-state index is 12.7. The second kappa shape index (κ2) is 7.26. The molecule has 0 atom stereocenters. The minimum atomic E-state index is -3.52. The highest BCUT2D eigenvalue weighted by atomic mass is 35.5. The summed E-state index contributed by atoms with van der Waals surface area (Å²) in [5, 5.41) is 4.37. The van der Waals surface area contributed by atoms with Crippen LogP contribution in [0.2, 0.25) is 5.02 Å². The summed E-state index contributed by atoms with van der Waals surface area (Å²) in [6.07, 6.45) is 3.49. The third kappa shape index (κ3) is 3.93. The zero-order valence-electron chi connectivity index (χ0n) is 14.2. The zero-order chi connectivity index (χ0) is 18.1. The van der Waals surface area contributed by atoms with E-state index in [1.54, 1.807) is 18.2 Å². The van der Waals surface area contributed by atoms with E-state index in [1.807, 2.05) is 0 Å². The van der Waals surface area contributed by atoms with Crippen molar-refractivity contribution in [2.45, 2.75) is 49.2 Å². The van der Waals surface area contributed by atoms with Crippen molar-refractivity contribution in [3.63, 3.8) is 0 Å². The molecule has 0 N–H and O–H groups in total. The first-order valence-corrected chi connectivity index (χ1v) is 10.5. The maximum Gasteiger partial charge on any atom is 0.252 e. The fraction of sp³-hybridized carbons (Fsp3) is 0.529. The molecule has 0 unspecified atom stereocenters. The van der Waals surface area contributed by atoms with Crippen molar-refractivity contribution < 1.29 is 17.7 Å². The Balaban J connectivity index is 1.30. The molecule has 0 bridgehead atoms. The van der Waals surface area contributed by atoms with Gasteiger partial charge in [0.2, 0.25) is 10.0 Å². The molecule has 1 aliphatic carbocycles. The Morgan fingerprint density at radius 1 is 1.23 bits per heavy atom. The predicted molar refractivity (Wildman–Crippen MR) is 94.3 cm³/mol. The van der Waals surface area contributed by atoms with E-state index in [0.29, 0.717) is 42.8 Å². The summed E-state index contributed by atoms with van der Waals surface area (Å²) in [4.78, 5) is 4.56. The highest BCUT2D eigenvalue weighted by Crippen LogP contribution is 2.38. The lowest BCUT2D eigenvalue weighted by atomic mass is 10.1. The zero-order valence-corrected chi connectivity index (χ0v) is 15.7. The second-order valence-corrected chi connectivity index (χ2v) is 9.07. The number of halogens is 1. The number of ether oxygens (including phenoxy) is 1. The SMILES string of the molecule is O=S(=O)(c1cccc(Cl)c1)N1CCC(OCc2nc(C3CC3)no2)CC1. The van der Waals surface area contributed by atoms with Gasteiger partial charge in [0, 0.05) is 24.0 Å². The summed E-state index contributed by atoms with van der Waals surface area (Å²) >= 11 is 5.91. The molecule has 2 heterocycles. The van der Waals surface area contributed by atoms with Gasteiger partial charge in [0.05, 0.1) is 11.0 Å². The molecule has 2 aliphatic rings. The normalized spacial score (nSPS) is 19.7. The molecule has 1 saturated carbocycles. The molecule has 0 spiro atoms. The van der Waals surface area contributed by atoms with Gasteiger partial charge in [0.25, 0.3) is 5.89 Å². The maximum atomic E-state index is 12.7. The Morgan fingerprint density at radius 3 is 2.69 bits per heavy atom. The Bertz CT molecular complexity index is 874. The van der Waals surface area contributed by atoms with E-state index in [2.05, 4.69) is 10.1 Å². The van der Waals surface area contributed by atoms with Gasteiger partial charge in [-0.15, -0.1) is 0 Å².